The van der Waals surface area contributed by atoms with Crippen LogP contribution in [0.3, 0.4) is 0 Å². The lowest BCUT2D eigenvalue weighted by molar-refractivity contribution is 0.332. The van der Waals surface area contributed by atoms with Crippen molar-refractivity contribution in [2.45, 2.75) is 51.4 Å². The third-order valence-corrected chi connectivity index (χ3v) is 8.87. The maximum Gasteiger partial charge on any atom is 0.164 e. The van der Waals surface area contributed by atoms with Crippen molar-refractivity contribution in [2.24, 2.45) is 0 Å². The molecular formula is C38H34N4. The summed E-state index contributed by atoms with van der Waals surface area (Å²) in [5, 5.41) is 1.13. The normalized spacial score (nSPS) is 15.3. The van der Waals surface area contributed by atoms with Crippen molar-refractivity contribution in [3.63, 3.8) is 0 Å². The highest BCUT2D eigenvalue weighted by atomic mass is 15.0. The zero-order valence-electron chi connectivity index (χ0n) is 24.6. The molecule has 206 valence electrons. The highest BCUT2D eigenvalue weighted by molar-refractivity contribution is 5.93. The number of hydrogen-bond donors (Lipinski definition) is 0. The molecule has 2 heterocycles. The van der Waals surface area contributed by atoms with E-state index in [-0.39, 0.29) is 10.8 Å². The van der Waals surface area contributed by atoms with Crippen LogP contribution in [0.25, 0.3) is 56.2 Å². The van der Waals surface area contributed by atoms with Crippen LogP contribution >= 0.6 is 0 Å². The van der Waals surface area contributed by atoms with Crippen LogP contribution < -0.4 is 0 Å². The lowest BCUT2D eigenvalue weighted by atomic mass is 9.63. The van der Waals surface area contributed by atoms with E-state index in [1.807, 2.05) is 30.5 Å². The number of pyridine rings is 1. The summed E-state index contributed by atoms with van der Waals surface area (Å²) >= 11 is 0. The van der Waals surface area contributed by atoms with Gasteiger partial charge in [-0.25, -0.2) is 15.0 Å². The van der Waals surface area contributed by atoms with Gasteiger partial charge in [0, 0.05) is 33.8 Å². The van der Waals surface area contributed by atoms with Gasteiger partial charge in [-0.1, -0.05) is 119 Å². The van der Waals surface area contributed by atoms with Crippen molar-refractivity contribution in [3.8, 4) is 45.3 Å². The SMILES string of the molecule is CC1(C)CCC(C)(C)c2cc(-c3nc(-c4ccccc4)nc(-c4ccc(-c5cccc6cccnc56)cc4)n3)ccc21. The second kappa shape index (κ2) is 9.99. The first kappa shape index (κ1) is 26.2. The second-order valence-electron chi connectivity index (χ2n) is 12.7. The molecule has 6 aromatic rings. The van der Waals surface area contributed by atoms with Crippen LogP contribution in [0.4, 0.5) is 0 Å². The summed E-state index contributed by atoms with van der Waals surface area (Å²) in [5.74, 6) is 2.04. The predicted molar refractivity (Wildman–Crippen MR) is 172 cm³/mol. The average Bonchev–Trinajstić information content (AvgIpc) is 3.03. The number of hydrogen-bond acceptors (Lipinski definition) is 4. The Balaban J connectivity index is 1.34. The minimum atomic E-state index is 0.102. The van der Waals surface area contributed by atoms with Crippen LogP contribution in [0.5, 0.6) is 0 Å². The Morgan fingerprint density at radius 3 is 1.79 bits per heavy atom. The molecule has 0 saturated carbocycles. The summed E-state index contributed by atoms with van der Waals surface area (Å²) in [6, 6.07) is 35.8. The standard InChI is InChI=1S/C38H34N4/c1-37(2)21-22-38(3,4)32-24-29(19-20-31(32)37)36-41-34(27-10-6-5-7-11-27)40-35(42-36)28-17-15-25(16-18-28)30-14-8-12-26-13-9-23-39-33(26)30/h5-20,23-24H,21-22H2,1-4H3. The van der Waals surface area contributed by atoms with Gasteiger partial charge < -0.3 is 0 Å². The Labute approximate surface area is 247 Å². The van der Waals surface area contributed by atoms with E-state index in [4.69, 9.17) is 15.0 Å². The molecule has 0 atom stereocenters. The van der Waals surface area contributed by atoms with Crippen LogP contribution in [-0.2, 0) is 10.8 Å². The topological polar surface area (TPSA) is 51.6 Å². The van der Waals surface area contributed by atoms with Crippen molar-refractivity contribution < 1.29 is 0 Å². The fourth-order valence-corrected chi connectivity index (χ4v) is 6.21. The monoisotopic (exact) mass is 546 g/mol. The molecule has 1 aliphatic rings. The first-order valence-corrected chi connectivity index (χ1v) is 14.7. The van der Waals surface area contributed by atoms with Crippen LogP contribution in [-0.4, -0.2) is 19.9 Å². The average molecular weight is 547 g/mol. The minimum Gasteiger partial charge on any atom is -0.256 e. The van der Waals surface area contributed by atoms with Crippen LogP contribution in [0.15, 0.2) is 109 Å². The van der Waals surface area contributed by atoms with E-state index < -0.39 is 0 Å². The molecule has 42 heavy (non-hydrogen) atoms. The van der Waals surface area contributed by atoms with Crippen molar-refractivity contribution >= 4 is 10.9 Å². The van der Waals surface area contributed by atoms with Crippen LogP contribution in [0.2, 0.25) is 0 Å². The number of aromatic nitrogens is 4. The second-order valence-corrected chi connectivity index (χ2v) is 12.7. The molecule has 1 aliphatic carbocycles. The van der Waals surface area contributed by atoms with Crippen molar-refractivity contribution in [1.29, 1.82) is 0 Å². The molecule has 2 aromatic heterocycles. The van der Waals surface area contributed by atoms with E-state index in [0.717, 1.165) is 45.1 Å². The summed E-state index contributed by atoms with van der Waals surface area (Å²) in [6.45, 7) is 9.42. The van der Waals surface area contributed by atoms with Gasteiger partial charge in [0.1, 0.15) is 0 Å². The highest BCUT2D eigenvalue weighted by Gasteiger charge is 2.37. The molecule has 0 N–H and O–H groups in total. The smallest absolute Gasteiger partial charge is 0.164 e. The predicted octanol–water partition coefficient (Wildman–Crippen LogP) is 9.44. The minimum absolute atomic E-state index is 0.102. The molecular weight excluding hydrogens is 512 g/mol. The fourth-order valence-electron chi connectivity index (χ4n) is 6.21. The zero-order chi connectivity index (χ0) is 28.9. The molecule has 0 unspecified atom stereocenters. The number of nitrogens with zero attached hydrogens (tertiary/aromatic N) is 4. The largest absolute Gasteiger partial charge is 0.256 e. The van der Waals surface area contributed by atoms with Crippen LogP contribution in [0.1, 0.15) is 51.7 Å². The quantitative estimate of drug-likeness (QED) is 0.221. The van der Waals surface area contributed by atoms with E-state index in [9.17, 15) is 0 Å². The molecule has 4 nitrogen and oxygen atoms in total. The highest BCUT2D eigenvalue weighted by Crippen LogP contribution is 2.46. The van der Waals surface area contributed by atoms with Gasteiger partial charge in [0.15, 0.2) is 17.5 Å². The lowest BCUT2D eigenvalue weighted by Gasteiger charge is -2.42. The van der Waals surface area contributed by atoms with E-state index in [1.54, 1.807) is 0 Å². The van der Waals surface area contributed by atoms with E-state index in [1.165, 1.54) is 17.5 Å². The molecule has 0 radical (unpaired) electrons. The molecule has 0 saturated heterocycles. The van der Waals surface area contributed by atoms with Gasteiger partial charge in [-0.2, -0.15) is 0 Å². The molecule has 7 rings (SSSR count). The Bertz CT molecular complexity index is 1920. The Morgan fingerprint density at radius 1 is 0.500 bits per heavy atom. The van der Waals surface area contributed by atoms with E-state index in [0.29, 0.717) is 17.5 Å². The molecule has 0 bridgehead atoms. The third-order valence-electron chi connectivity index (χ3n) is 8.87. The van der Waals surface area contributed by atoms with Gasteiger partial charge in [0.05, 0.1) is 5.52 Å². The molecule has 0 amide bonds. The Kier molecular flexibility index (Phi) is 6.23. The summed E-state index contributed by atoms with van der Waals surface area (Å²) in [7, 11) is 0. The van der Waals surface area contributed by atoms with Gasteiger partial charge in [-0.3, -0.25) is 4.98 Å². The van der Waals surface area contributed by atoms with Gasteiger partial charge >= 0.3 is 0 Å². The number of benzene rings is 4. The van der Waals surface area contributed by atoms with Crippen molar-refractivity contribution in [3.05, 3.63) is 120 Å². The number of para-hydroxylation sites is 1. The fraction of sp³-hybridized carbons (Fsp3) is 0.211. The third kappa shape index (κ3) is 4.67. The summed E-state index contributed by atoms with van der Waals surface area (Å²) in [6.07, 6.45) is 4.19. The van der Waals surface area contributed by atoms with Gasteiger partial charge in [-0.15, -0.1) is 0 Å². The first-order chi connectivity index (χ1) is 20.3. The van der Waals surface area contributed by atoms with Gasteiger partial charge in [-0.05, 0) is 52.5 Å². The maximum absolute atomic E-state index is 5.05. The summed E-state index contributed by atoms with van der Waals surface area (Å²) in [5.41, 5.74) is 9.26. The Hall–Kier alpha value is -4.70. The number of fused-ring (bicyclic) bond motifs is 2. The maximum atomic E-state index is 5.05. The molecule has 4 aromatic carbocycles. The molecule has 0 fully saturated rings. The first-order valence-electron chi connectivity index (χ1n) is 14.7. The van der Waals surface area contributed by atoms with Crippen LogP contribution in [0, 0.1) is 0 Å². The van der Waals surface area contributed by atoms with Gasteiger partial charge in [0.2, 0.25) is 0 Å². The molecule has 4 heteroatoms. The van der Waals surface area contributed by atoms with Gasteiger partial charge in [0.25, 0.3) is 0 Å². The van der Waals surface area contributed by atoms with Crippen molar-refractivity contribution in [1.82, 2.24) is 19.9 Å². The van der Waals surface area contributed by atoms with E-state index >= 15 is 0 Å². The summed E-state index contributed by atoms with van der Waals surface area (Å²) in [4.78, 5) is 19.7. The lowest BCUT2D eigenvalue weighted by Crippen LogP contribution is -2.33. The summed E-state index contributed by atoms with van der Waals surface area (Å²) < 4.78 is 0. The molecule has 0 spiro atoms. The zero-order valence-corrected chi connectivity index (χ0v) is 24.6. The number of rotatable bonds is 4. The van der Waals surface area contributed by atoms with E-state index in [2.05, 4.69) is 112 Å². The Morgan fingerprint density at radius 2 is 1.07 bits per heavy atom. The molecule has 0 aliphatic heterocycles. The van der Waals surface area contributed by atoms with Crippen molar-refractivity contribution in [2.75, 3.05) is 0 Å².